The number of fused-ring (bicyclic) bond motifs is 1. The first-order valence-corrected chi connectivity index (χ1v) is 5.49. The van der Waals surface area contributed by atoms with Crippen molar-refractivity contribution in [1.82, 2.24) is 14.5 Å². The molecule has 2 aromatic heterocycles. The lowest BCUT2D eigenvalue weighted by atomic mass is 10.2. The number of pyridine rings is 1. The van der Waals surface area contributed by atoms with E-state index in [0.29, 0.717) is 5.65 Å². The molecule has 0 aliphatic rings. The predicted octanol–water partition coefficient (Wildman–Crippen LogP) is 2.36. The van der Waals surface area contributed by atoms with Crippen molar-refractivity contribution in [3.05, 3.63) is 42.3 Å². The van der Waals surface area contributed by atoms with E-state index in [0.717, 1.165) is 16.9 Å². The molecule has 2 N–H and O–H groups in total. The lowest BCUT2D eigenvalue weighted by molar-refractivity contribution is 0.632. The molecule has 0 atom stereocenters. The second-order valence-corrected chi connectivity index (χ2v) is 4.08. The fourth-order valence-electron chi connectivity index (χ4n) is 1.97. The van der Waals surface area contributed by atoms with Gasteiger partial charge < -0.3 is 10.3 Å². The van der Waals surface area contributed by atoms with Gasteiger partial charge in [-0.3, -0.25) is 0 Å². The summed E-state index contributed by atoms with van der Waals surface area (Å²) in [5, 5.41) is 0. The number of anilines is 1. The van der Waals surface area contributed by atoms with E-state index >= 15 is 0 Å². The summed E-state index contributed by atoms with van der Waals surface area (Å²) in [4.78, 5) is 8.62. The quantitative estimate of drug-likeness (QED) is 0.666. The van der Waals surface area contributed by atoms with Crippen molar-refractivity contribution in [3.63, 3.8) is 0 Å². The molecule has 90 valence electrons. The summed E-state index contributed by atoms with van der Waals surface area (Å²) in [5.74, 6) is 0.297. The number of halogens is 1. The molecule has 0 unspecified atom stereocenters. The van der Waals surface area contributed by atoms with Gasteiger partial charge in [0, 0.05) is 18.8 Å². The van der Waals surface area contributed by atoms with Gasteiger partial charge in [0.2, 0.25) is 0 Å². The molecular formula is C13H11FN4. The van der Waals surface area contributed by atoms with Gasteiger partial charge in [0.05, 0.1) is 11.2 Å². The molecule has 18 heavy (non-hydrogen) atoms. The summed E-state index contributed by atoms with van der Waals surface area (Å²) in [6.07, 6.45) is 1.69. The monoisotopic (exact) mass is 242 g/mol. The Labute approximate surface area is 103 Å². The largest absolute Gasteiger partial charge is 0.396 e. The predicted molar refractivity (Wildman–Crippen MR) is 68.3 cm³/mol. The lowest BCUT2D eigenvalue weighted by Crippen LogP contribution is -1.95. The van der Waals surface area contributed by atoms with Gasteiger partial charge in [0.15, 0.2) is 5.65 Å². The van der Waals surface area contributed by atoms with Crippen LogP contribution in [-0.2, 0) is 7.05 Å². The van der Waals surface area contributed by atoms with Crippen molar-refractivity contribution in [2.24, 2.45) is 7.05 Å². The van der Waals surface area contributed by atoms with Crippen LogP contribution in [0.2, 0.25) is 0 Å². The minimum Gasteiger partial charge on any atom is -0.396 e. The van der Waals surface area contributed by atoms with Crippen LogP contribution in [0.3, 0.4) is 0 Å². The number of nitrogen functional groups attached to an aromatic ring is 1. The van der Waals surface area contributed by atoms with Crippen molar-refractivity contribution in [2.45, 2.75) is 0 Å². The highest BCUT2D eigenvalue weighted by molar-refractivity contribution is 5.77. The summed E-state index contributed by atoms with van der Waals surface area (Å²) in [6, 6.07) is 8.37. The maximum absolute atomic E-state index is 13.2. The van der Waals surface area contributed by atoms with Crippen LogP contribution in [0.15, 0.2) is 36.5 Å². The van der Waals surface area contributed by atoms with Gasteiger partial charge in [-0.25, -0.2) is 14.4 Å². The average Bonchev–Trinajstić information content (AvgIpc) is 2.71. The van der Waals surface area contributed by atoms with Crippen LogP contribution in [0.4, 0.5) is 10.1 Å². The van der Waals surface area contributed by atoms with E-state index in [1.165, 1.54) is 6.07 Å². The standard InChI is InChI=1S/C13H11FN4/c1-18-11-3-2-6-16-12(11)17-13(18)8-4-5-9(14)10(15)7-8/h2-7H,15H2,1H3. The Morgan fingerprint density at radius 2 is 2.11 bits per heavy atom. The van der Waals surface area contributed by atoms with Crippen LogP contribution in [-0.4, -0.2) is 14.5 Å². The number of hydrogen-bond donors (Lipinski definition) is 1. The Kier molecular flexibility index (Phi) is 2.26. The second-order valence-electron chi connectivity index (χ2n) is 4.08. The van der Waals surface area contributed by atoms with E-state index < -0.39 is 5.82 Å². The number of nitrogens with two attached hydrogens (primary N) is 1. The van der Waals surface area contributed by atoms with Crippen LogP contribution < -0.4 is 5.73 Å². The molecule has 0 radical (unpaired) electrons. The summed E-state index contributed by atoms with van der Waals surface area (Å²) in [7, 11) is 1.89. The Morgan fingerprint density at radius 1 is 1.28 bits per heavy atom. The Bertz CT molecular complexity index is 733. The molecule has 0 bridgehead atoms. The Morgan fingerprint density at radius 3 is 2.83 bits per heavy atom. The molecule has 0 saturated heterocycles. The lowest BCUT2D eigenvalue weighted by Gasteiger charge is -2.03. The van der Waals surface area contributed by atoms with Gasteiger partial charge in [0.1, 0.15) is 11.6 Å². The van der Waals surface area contributed by atoms with Gasteiger partial charge in [-0.05, 0) is 30.3 Å². The average molecular weight is 242 g/mol. The number of benzene rings is 1. The third-order valence-electron chi connectivity index (χ3n) is 2.91. The zero-order valence-corrected chi connectivity index (χ0v) is 9.76. The van der Waals surface area contributed by atoms with E-state index in [-0.39, 0.29) is 5.69 Å². The van der Waals surface area contributed by atoms with Crippen LogP contribution in [0.25, 0.3) is 22.6 Å². The molecule has 0 amide bonds. The fraction of sp³-hybridized carbons (Fsp3) is 0.0769. The number of imidazole rings is 1. The highest BCUT2D eigenvalue weighted by atomic mass is 19.1. The van der Waals surface area contributed by atoms with Crippen LogP contribution >= 0.6 is 0 Å². The van der Waals surface area contributed by atoms with Crippen molar-refractivity contribution < 1.29 is 4.39 Å². The van der Waals surface area contributed by atoms with E-state index in [1.807, 2.05) is 23.7 Å². The van der Waals surface area contributed by atoms with Crippen molar-refractivity contribution in [1.29, 1.82) is 0 Å². The molecule has 0 fully saturated rings. The Hall–Kier alpha value is -2.43. The first-order chi connectivity index (χ1) is 8.66. The molecule has 0 saturated carbocycles. The molecule has 5 heteroatoms. The number of rotatable bonds is 1. The molecule has 2 heterocycles. The summed E-state index contributed by atoms with van der Waals surface area (Å²) in [6.45, 7) is 0. The van der Waals surface area contributed by atoms with E-state index in [2.05, 4.69) is 9.97 Å². The maximum Gasteiger partial charge on any atom is 0.178 e. The fourth-order valence-corrected chi connectivity index (χ4v) is 1.97. The molecule has 3 rings (SSSR count). The third-order valence-corrected chi connectivity index (χ3v) is 2.91. The highest BCUT2D eigenvalue weighted by Gasteiger charge is 2.11. The van der Waals surface area contributed by atoms with Gasteiger partial charge in [-0.2, -0.15) is 0 Å². The van der Waals surface area contributed by atoms with Crippen LogP contribution in [0, 0.1) is 5.82 Å². The molecule has 3 aromatic rings. The SMILES string of the molecule is Cn1c(-c2ccc(F)c(N)c2)nc2ncccc21. The first-order valence-electron chi connectivity index (χ1n) is 5.49. The van der Waals surface area contributed by atoms with Crippen LogP contribution in [0.1, 0.15) is 0 Å². The molecule has 1 aromatic carbocycles. The molecular weight excluding hydrogens is 231 g/mol. The van der Waals surface area contributed by atoms with Crippen molar-refractivity contribution >= 4 is 16.9 Å². The molecule has 0 aliphatic carbocycles. The van der Waals surface area contributed by atoms with Crippen LogP contribution in [0.5, 0.6) is 0 Å². The van der Waals surface area contributed by atoms with E-state index in [1.54, 1.807) is 18.3 Å². The smallest absolute Gasteiger partial charge is 0.178 e. The third kappa shape index (κ3) is 1.52. The maximum atomic E-state index is 13.2. The zero-order chi connectivity index (χ0) is 12.7. The van der Waals surface area contributed by atoms with Crippen molar-refractivity contribution in [2.75, 3.05) is 5.73 Å². The zero-order valence-electron chi connectivity index (χ0n) is 9.76. The van der Waals surface area contributed by atoms with Gasteiger partial charge >= 0.3 is 0 Å². The normalized spacial score (nSPS) is 11.0. The summed E-state index contributed by atoms with van der Waals surface area (Å²) < 4.78 is 15.1. The topological polar surface area (TPSA) is 56.7 Å². The van der Waals surface area contributed by atoms with E-state index in [9.17, 15) is 4.39 Å². The Balaban J connectivity index is 2.25. The van der Waals surface area contributed by atoms with E-state index in [4.69, 9.17) is 5.73 Å². The minimum absolute atomic E-state index is 0.118. The minimum atomic E-state index is -0.421. The van der Waals surface area contributed by atoms with Gasteiger partial charge in [0.25, 0.3) is 0 Å². The highest BCUT2D eigenvalue weighted by Crippen LogP contribution is 2.25. The second kappa shape index (κ2) is 3.80. The molecule has 4 nitrogen and oxygen atoms in total. The van der Waals surface area contributed by atoms with Crippen molar-refractivity contribution in [3.8, 4) is 11.4 Å². The van der Waals surface area contributed by atoms with Gasteiger partial charge in [-0.15, -0.1) is 0 Å². The number of nitrogens with zero attached hydrogens (tertiary/aromatic N) is 3. The first kappa shape index (κ1) is 10.7. The number of hydrogen-bond acceptors (Lipinski definition) is 3. The summed E-state index contributed by atoms with van der Waals surface area (Å²) >= 11 is 0. The summed E-state index contributed by atoms with van der Waals surface area (Å²) in [5.41, 5.74) is 8.06. The molecule has 0 aliphatic heterocycles. The number of aryl methyl sites for hydroxylation is 1. The van der Waals surface area contributed by atoms with Gasteiger partial charge in [-0.1, -0.05) is 0 Å². The number of aromatic nitrogens is 3. The molecule has 0 spiro atoms.